The van der Waals surface area contributed by atoms with Crippen LogP contribution in [0.1, 0.15) is 31.2 Å². The number of nitrogens with zero attached hydrogens (tertiary/aromatic N) is 3. The highest BCUT2D eigenvalue weighted by Crippen LogP contribution is 2.20. The molecule has 0 spiro atoms. The Kier molecular flexibility index (Phi) is 9.86. The lowest BCUT2D eigenvalue weighted by atomic mass is 10.1. The van der Waals surface area contributed by atoms with Crippen LogP contribution in [-0.4, -0.2) is 66.1 Å². The molecule has 2 amide bonds. The van der Waals surface area contributed by atoms with Gasteiger partial charge in [0.15, 0.2) is 5.03 Å². The molecule has 1 aromatic carbocycles. The number of carbonyl (C=O) groups is 3. The molecular weight excluding hydrogens is 436 g/mol. The average Bonchev–Trinajstić information content (AvgIpc) is 3.29. The van der Waals surface area contributed by atoms with Crippen molar-refractivity contribution in [2.75, 3.05) is 20.2 Å². The standard InChI is InChI=1S/C20H28N6O7/c1-32-18(28)16-10-6-12-25(16)17(27)15(9-5-11-22-19(21)24-26(30)31)23-20(29)33-13-14-7-3-2-4-8-14/h2-4,7-8,15-16H,5-6,9-13H2,1H3,(H,23,29)(H3,21,22,24)/t15-,16-/m0/s1. The van der Waals surface area contributed by atoms with Gasteiger partial charge in [-0.2, -0.15) is 0 Å². The molecule has 1 aromatic rings. The number of hydrazine groups is 1. The van der Waals surface area contributed by atoms with Crippen molar-refractivity contribution in [2.45, 2.75) is 44.4 Å². The maximum absolute atomic E-state index is 13.1. The highest BCUT2D eigenvalue weighted by atomic mass is 16.7. The lowest BCUT2D eigenvalue weighted by Gasteiger charge is -2.27. The maximum atomic E-state index is 13.1. The molecule has 2 rings (SSSR count). The topological polar surface area (TPSA) is 178 Å². The normalized spacial score (nSPS) is 16.6. The number of carbonyl (C=O) groups excluding carboxylic acids is 3. The van der Waals surface area contributed by atoms with Gasteiger partial charge in [-0.15, -0.1) is 0 Å². The predicted octanol–water partition coefficient (Wildman–Crippen LogP) is 0.322. The second kappa shape index (κ2) is 12.8. The Morgan fingerprint density at radius 1 is 1.33 bits per heavy atom. The van der Waals surface area contributed by atoms with Gasteiger partial charge in [-0.1, -0.05) is 35.8 Å². The highest BCUT2D eigenvalue weighted by molar-refractivity contribution is 5.90. The fraction of sp³-hybridized carbons (Fsp3) is 0.500. The summed E-state index contributed by atoms with van der Waals surface area (Å²) in [6.07, 6.45) is 0.746. The van der Waals surface area contributed by atoms with Gasteiger partial charge in [0.1, 0.15) is 18.7 Å². The van der Waals surface area contributed by atoms with Gasteiger partial charge in [-0.25, -0.2) is 24.7 Å². The number of hydrogen-bond donors (Lipinski definition) is 3. The number of methoxy groups -OCH3 is 1. The van der Waals surface area contributed by atoms with E-state index >= 15 is 0 Å². The van der Waals surface area contributed by atoms with Gasteiger partial charge in [-0.3, -0.25) is 4.79 Å². The Labute approximate surface area is 190 Å². The number of esters is 1. The number of nitrogens with one attached hydrogen (secondary N) is 2. The third kappa shape index (κ3) is 8.27. The molecule has 0 aliphatic carbocycles. The van der Waals surface area contributed by atoms with Crippen molar-refractivity contribution in [3.05, 3.63) is 46.0 Å². The van der Waals surface area contributed by atoms with Crippen LogP contribution >= 0.6 is 0 Å². The molecule has 1 saturated heterocycles. The van der Waals surface area contributed by atoms with Crippen LogP contribution in [0.25, 0.3) is 0 Å². The van der Waals surface area contributed by atoms with E-state index in [9.17, 15) is 24.5 Å². The van der Waals surface area contributed by atoms with E-state index in [4.69, 9.17) is 15.2 Å². The zero-order valence-corrected chi connectivity index (χ0v) is 18.3. The summed E-state index contributed by atoms with van der Waals surface area (Å²) in [7, 11) is 1.25. The molecule has 0 aromatic heterocycles. The van der Waals surface area contributed by atoms with Gasteiger partial charge in [-0.05, 0) is 31.2 Å². The summed E-state index contributed by atoms with van der Waals surface area (Å²) in [5.41, 5.74) is 7.88. The first-order valence-electron chi connectivity index (χ1n) is 10.4. The van der Waals surface area contributed by atoms with Gasteiger partial charge < -0.3 is 25.4 Å². The molecule has 2 atom stereocenters. The number of likely N-dealkylation sites (tertiary alicyclic amines) is 1. The molecule has 33 heavy (non-hydrogen) atoms. The molecule has 180 valence electrons. The summed E-state index contributed by atoms with van der Waals surface area (Å²) in [5, 5.41) is 12.1. The first-order chi connectivity index (χ1) is 15.8. The summed E-state index contributed by atoms with van der Waals surface area (Å²) >= 11 is 0. The first kappa shape index (κ1) is 25.4. The molecule has 0 saturated carbocycles. The third-order valence-corrected chi connectivity index (χ3v) is 4.95. The monoisotopic (exact) mass is 464 g/mol. The highest BCUT2D eigenvalue weighted by Gasteiger charge is 2.38. The number of nitro groups is 1. The molecule has 1 heterocycles. The number of hydrogen-bond acceptors (Lipinski definition) is 8. The van der Waals surface area contributed by atoms with Crippen molar-refractivity contribution in [3.63, 3.8) is 0 Å². The van der Waals surface area contributed by atoms with E-state index in [1.165, 1.54) is 12.0 Å². The van der Waals surface area contributed by atoms with Crippen LogP contribution in [0.2, 0.25) is 0 Å². The minimum atomic E-state index is -0.988. The molecule has 13 heteroatoms. The second-order valence-electron chi connectivity index (χ2n) is 7.25. The second-order valence-corrected chi connectivity index (χ2v) is 7.25. The van der Waals surface area contributed by atoms with E-state index in [0.29, 0.717) is 19.4 Å². The Morgan fingerprint density at radius 2 is 2.06 bits per heavy atom. The zero-order chi connectivity index (χ0) is 24.2. The molecule has 1 aliphatic rings. The number of benzene rings is 1. The van der Waals surface area contributed by atoms with E-state index in [1.807, 2.05) is 18.2 Å². The van der Waals surface area contributed by atoms with Gasteiger partial charge in [0.25, 0.3) is 5.96 Å². The SMILES string of the molecule is COC(=O)[C@@H]1CCCN1C(=O)[C@H](CCCN=C(N)N[N+](=O)[O-])NC(=O)OCc1ccccc1. The van der Waals surface area contributed by atoms with E-state index in [-0.39, 0.29) is 32.0 Å². The van der Waals surface area contributed by atoms with E-state index in [1.54, 1.807) is 17.6 Å². The predicted molar refractivity (Wildman–Crippen MR) is 116 cm³/mol. The quantitative estimate of drug-likeness (QED) is 0.110. The molecule has 0 radical (unpaired) electrons. The summed E-state index contributed by atoms with van der Waals surface area (Å²) < 4.78 is 9.99. The smallest absolute Gasteiger partial charge is 0.408 e. The van der Waals surface area contributed by atoms with E-state index in [0.717, 1.165) is 5.56 Å². The summed E-state index contributed by atoms with van der Waals surface area (Å²) in [5.74, 6) is -1.34. The van der Waals surface area contributed by atoms with Gasteiger partial charge in [0.2, 0.25) is 5.91 Å². The molecule has 0 bridgehead atoms. The molecule has 1 aliphatic heterocycles. The maximum Gasteiger partial charge on any atom is 0.408 e. The number of alkyl carbamates (subject to hydrolysis) is 1. The lowest BCUT2D eigenvalue weighted by Crippen LogP contribution is -2.52. The Bertz CT molecular complexity index is 864. The number of aliphatic imine (C=N–C) groups is 1. The van der Waals surface area contributed by atoms with E-state index in [2.05, 4.69) is 10.3 Å². The van der Waals surface area contributed by atoms with Crippen LogP contribution in [-0.2, 0) is 25.7 Å². The van der Waals surface area contributed by atoms with Crippen LogP contribution < -0.4 is 16.5 Å². The average molecular weight is 464 g/mol. The fourth-order valence-electron chi connectivity index (χ4n) is 3.40. The number of ether oxygens (including phenoxy) is 2. The van der Waals surface area contributed by atoms with Crippen molar-refractivity contribution in [1.29, 1.82) is 0 Å². The first-order valence-corrected chi connectivity index (χ1v) is 10.4. The van der Waals surface area contributed by atoms with E-state index < -0.39 is 35.1 Å². The Balaban J connectivity index is 2.01. The fourth-order valence-corrected chi connectivity index (χ4v) is 3.40. The van der Waals surface area contributed by atoms with Crippen LogP contribution in [0.3, 0.4) is 0 Å². The van der Waals surface area contributed by atoms with Gasteiger partial charge in [0, 0.05) is 13.1 Å². The Hall–Kier alpha value is -3.90. The van der Waals surface area contributed by atoms with Crippen LogP contribution in [0.4, 0.5) is 4.79 Å². The van der Waals surface area contributed by atoms with Crippen molar-refractivity contribution in [1.82, 2.24) is 15.6 Å². The molecular formula is C20H28N6O7. The summed E-state index contributed by atoms with van der Waals surface area (Å²) in [6, 6.07) is 7.34. The van der Waals surface area contributed by atoms with Crippen LogP contribution in [0, 0.1) is 10.1 Å². The number of nitrogens with two attached hydrogens (primary N) is 1. The molecule has 13 nitrogen and oxygen atoms in total. The van der Waals surface area contributed by atoms with Crippen molar-refractivity contribution in [2.24, 2.45) is 10.7 Å². The van der Waals surface area contributed by atoms with Crippen LogP contribution in [0.5, 0.6) is 0 Å². The minimum absolute atomic E-state index is 0.0233. The largest absolute Gasteiger partial charge is 0.467 e. The van der Waals surface area contributed by atoms with Crippen molar-refractivity contribution >= 4 is 23.9 Å². The molecule has 0 unspecified atom stereocenters. The lowest BCUT2D eigenvalue weighted by molar-refractivity contribution is -0.525. The molecule has 1 fully saturated rings. The number of amides is 2. The summed E-state index contributed by atoms with van der Waals surface area (Å²) in [4.78, 5) is 53.1. The zero-order valence-electron chi connectivity index (χ0n) is 18.3. The third-order valence-electron chi connectivity index (χ3n) is 4.95. The minimum Gasteiger partial charge on any atom is -0.467 e. The molecule has 4 N–H and O–H groups in total. The van der Waals surface area contributed by atoms with Crippen molar-refractivity contribution < 1.29 is 28.9 Å². The van der Waals surface area contributed by atoms with Crippen LogP contribution in [0.15, 0.2) is 35.3 Å². The number of guanidine groups is 1. The van der Waals surface area contributed by atoms with Gasteiger partial charge >= 0.3 is 12.1 Å². The summed E-state index contributed by atoms with van der Waals surface area (Å²) in [6.45, 7) is 0.459. The van der Waals surface area contributed by atoms with Gasteiger partial charge in [0.05, 0.1) is 7.11 Å². The Morgan fingerprint density at radius 3 is 2.73 bits per heavy atom. The number of rotatable bonds is 10. The van der Waals surface area contributed by atoms with Crippen molar-refractivity contribution in [3.8, 4) is 0 Å².